The highest BCUT2D eigenvalue weighted by Crippen LogP contribution is 2.51. The average Bonchev–Trinajstić information content (AvgIpc) is 3.65. The second-order valence-corrected chi connectivity index (χ2v) is 13.2. The van der Waals surface area contributed by atoms with Crippen LogP contribution in [0.1, 0.15) is 34.5 Å². The van der Waals surface area contributed by atoms with Crippen LogP contribution >= 0.6 is 0 Å². The van der Waals surface area contributed by atoms with Crippen molar-refractivity contribution in [3.8, 4) is 23.0 Å². The normalized spacial score (nSPS) is 19.4. The molecule has 6 atom stereocenters. The van der Waals surface area contributed by atoms with Gasteiger partial charge in [-0.25, -0.2) is 9.59 Å². The molecular weight excluding hydrogens is 794 g/mol. The lowest BCUT2D eigenvalue weighted by molar-refractivity contribution is -0.280. The van der Waals surface area contributed by atoms with Crippen LogP contribution in [-0.2, 0) is 44.5 Å². The van der Waals surface area contributed by atoms with Crippen LogP contribution in [-0.4, -0.2) is 80.2 Å². The topological polar surface area (TPSA) is 117 Å². The van der Waals surface area contributed by atoms with Gasteiger partial charge in [0.2, 0.25) is 0 Å². The van der Waals surface area contributed by atoms with Crippen LogP contribution in [0.3, 0.4) is 0 Å². The maximum absolute atomic E-state index is 15.2. The lowest BCUT2D eigenvalue weighted by Gasteiger charge is -2.36. The van der Waals surface area contributed by atoms with Crippen molar-refractivity contribution in [1.82, 2.24) is 0 Å². The Kier molecular flexibility index (Phi) is 13.7. The summed E-state index contributed by atoms with van der Waals surface area (Å²) in [5.74, 6) is -5.30. The molecule has 1 aliphatic rings. The van der Waals surface area contributed by atoms with E-state index in [-0.39, 0.29) is 29.4 Å². The molecule has 0 aliphatic carbocycles. The summed E-state index contributed by atoms with van der Waals surface area (Å²) in [6.45, 7) is -1.22. The van der Waals surface area contributed by atoms with Crippen LogP contribution in [0.4, 0.5) is 26.3 Å². The summed E-state index contributed by atoms with van der Waals surface area (Å²) in [4.78, 5) is 28.1. The Morgan fingerprint density at radius 1 is 0.627 bits per heavy atom. The molecule has 11 nitrogen and oxygen atoms in total. The van der Waals surface area contributed by atoms with Crippen molar-refractivity contribution < 1.29 is 78.6 Å². The fraction of sp³-hybridized carbons (Fsp3) is 0.381. The third-order valence-corrected chi connectivity index (χ3v) is 10.3. The van der Waals surface area contributed by atoms with Gasteiger partial charge in [-0.3, -0.25) is 0 Å². The van der Waals surface area contributed by atoms with Gasteiger partial charge in [0.05, 0.1) is 47.8 Å². The predicted molar refractivity (Wildman–Crippen MR) is 197 cm³/mol. The molecule has 4 aromatic carbocycles. The first kappa shape index (κ1) is 44.6. The highest BCUT2D eigenvalue weighted by molar-refractivity contribution is 5.83. The van der Waals surface area contributed by atoms with E-state index in [2.05, 4.69) is 0 Å². The average molecular weight is 837 g/mol. The number of hydrogen-bond acceptors (Lipinski definition) is 11. The summed E-state index contributed by atoms with van der Waals surface area (Å²) >= 11 is 0. The molecule has 0 aromatic heterocycles. The molecule has 0 radical (unpaired) electrons. The van der Waals surface area contributed by atoms with Crippen LogP contribution < -0.4 is 18.9 Å². The molecule has 4 aromatic rings. The van der Waals surface area contributed by atoms with Gasteiger partial charge in [-0.15, -0.1) is 0 Å². The zero-order chi connectivity index (χ0) is 43.2. The smallest absolute Gasteiger partial charge is 0.432 e. The lowest BCUT2D eigenvalue weighted by atomic mass is 9.81. The summed E-state index contributed by atoms with van der Waals surface area (Å²) in [5, 5.41) is 0. The van der Waals surface area contributed by atoms with Crippen molar-refractivity contribution >= 4 is 11.9 Å². The van der Waals surface area contributed by atoms with Gasteiger partial charge in [-0.2, -0.15) is 26.3 Å². The molecule has 5 rings (SSSR count). The van der Waals surface area contributed by atoms with Crippen LogP contribution in [0.5, 0.6) is 23.0 Å². The summed E-state index contributed by atoms with van der Waals surface area (Å²) in [6.07, 6.45) is -13.5. The molecule has 0 spiro atoms. The Bertz CT molecular complexity index is 2050. The quantitative estimate of drug-likeness (QED) is 0.0806. The number of halogens is 6. The first-order valence-corrected chi connectivity index (χ1v) is 17.9. The Morgan fingerprint density at radius 3 is 1.58 bits per heavy atom. The van der Waals surface area contributed by atoms with Crippen molar-refractivity contribution in [3.63, 3.8) is 0 Å². The van der Waals surface area contributed by atoms with Crippen molar-refractivity contribution in [3.05, 3.63) is 119 Å². The molecule has 59 heavy (non-hydrogen) atoms. The number of carbonyl (C=O) groups is 2. The molecule has 0 amide bonds. The second kappa shape index (κ2) is 18.2. The predicted octanol–water partition coefficient (Wildman–Crippen LogP) is 8.06. The highest BCUT2D eigenvalue weighted by Gasteiger charge is 2.66. The van der Waals surface area contributed by atoms with Gasteiger partial charge in [-0.1, -0.05) is 72.8 Å². The zero-order valence-corrected chi connectivity index (χ0v) is 32.7. The van der Waals surface area contributed by atoms with Crippen molar-refractivity contribution in [2.45, 2.75) is 35.8 Å². The summed E-state index contributed by atoms with van der Waals surface area (Å²) in [5.41, 5.74) is -7.97. The monoisotopic (exact) mass is 836 g/mol. The number of benzene rings is 4. The van der Waals surface area contributed by atoms with E-state index >= 15 is 13.2 Å². The van der Waals surface area contributed by atoms with E-state index in [1.54, 1.807) is 6.07 Å². The fourth-order valence-corrected chi connectivity index (χ4v) is 7.26. The number of rotatable bonds is 16. The van der Waals surface area contributed by atoms with Gasteiger partial charge >= 0.3 is 24.3 Å². The number of methoxy groups -OCH3 is 6. The fourth-order valence-electron chi connectivity index (χ4n) is 7.26. The molecule has 17 heteroatoms. The van der Waals surface area contributed by atoms with Crippen LogP contribution in [0.2, 0.25) is 0 Å². The van der Waals surface area contributed by atoms with E-state index in [1.165, 1.54) is 95.2 Å². The largest absolute Gasteiger partial charge is 0.493 e. The third-order valence-electron chi connectivity index (χ3n) is 10.3. The minimum absolute atomic E-state index is 0.0694. The van der Waals surface area contributed by atoms with E-state index in [0.29, 0.717) is 25.5 Å². The molecule has 0 N–H and O–H groups in total. The van der Waals surface area contributed by atoms with Crippen LogP contribution in [0.15, 0.2) is 97.1 Å². The minimum atomic E-state index is -5.37. The molecule has 1 aliphatic heterocycles. The standard InChI is InChI=1S/C42H42F6O11/c1-51-31-19-17-25(21-33(31)53-3)35-29(24-58-37(49)39(55-5,41(43,44)45)27-13-9-7-10-14-27)30(23-57-35)36(26-18-20-32(52-2)34(22-26)54-4)59-38(50)40(56-6,42(46,47)48)28-15-11-8-12-16-28/h7-22,29-30,35-36H,23-24H2,1-6H3/t29-,30+,35+,36-,39+,40+/m1/s1. The molecule has 1 saturated heterocycles. The molecular formula is C42H42F6O11. The summed E-state index contributed by atoms with van der Waals surface area (Å²) in [7, 11) is 6.84. The molecule has 318 valence electrons. The maximum atomic E-state index is 15.2. The van der Waals surface area contributed by atoms with Crippen molar-refractivity contribution in [2.24, 2.45) is 11.8 Å². The second-order valence-electron chi connectivity index (χ2n) is 13.2. The van der Waals surface area contributed by atoms with Gasteiger partial charge in [-0.05, 0) is 35.4 Å². The third kappa shape index (κ3) is 8.36. The van der Waals surface area contributed by atoms with E-state index in [9.17, 15) is 22.8 Å². The number of esters is 2. The van der Waals surface area contributed by atoms with Crippen LogP contribution in [0.25, 0.3) is 0 Å². The van der Waals surface area contributed by atoms with Gasteiger partial charge in [0.25, 0.3) is 11.2 Å². The van der Waals surface area contributed by atoms with E-state index < -0.39 is 77.3 Å². The van der Waals surface area contributed by atoms with Crippen molar-refractivity contribution in [1.29, 1.82) is 0 Å². The summed E-state index contributed by atoms with van der Waals surface area (Å²) in [6, 6.07) is 21.0. The van der Waals surface area contributed by atoms with Gasteiger partial charge < -0.3 is 42.6 Å². The summed E-state index contributed by atoms with van der Waals surface area (Å²) < 4.78 is 140. The van der Waals surface area contributed by atoms with E-state index in [0.717, 1.165) is 24.3 Å². The lowest BCUT2D eigenvalue weighted by Crippen LogP contribution is -2.52. The van der Waals surface area contributed by atoms with E-state index in [4.69, 9.17) is 42.6 Å². The van der Waals surface area contributed by atoms with E-state index in [1.807, 2.05) is 0 Å². The number of carbonyl (C=O) groups excluding carboxylic acids is 2. The Hall–Kier alpha value is -5.52. The Labute approximate surface area is 336 Å². The molecule has 1 heterocycles. The van der Waals surface area contributed by atoms with Gasteiger partial charge in [0.1, 0.15) is 6.10 Å². The molecule has 0 bridgehead atoms. The van der Waals surface area contributed by atoms with Gasteiger partial charge in [0, 0.05) is 37.2 Å². The first-order chi connectivity index (χ1) is 28.1. The van der Waals surface area contributed by atoms with Crippen molar-refractivity contribution in [2.75, 3.05) is 55.9 Å². The Morgan fingerprint density at radius 2 is 1.10 bits per heavy atom. The van der Waals surface area contributed by atoms with Crippen LogP contribution in [0, 0.1) is 11.8 Å². The Balaban J connectivity index is 1.67. The molecule has 0 unspecified atom stereocenters. The highest BCUT2D eigenvalue weighted by atomic mass is 19.4. The molecule has 1 fully saturated rings. The first-order valence-electron chi connectivity index (χ1n) is 17.9. The number of hydrogen-bond donors (Lipinski definition) is 0. The minimum Gasteiger partial charge on any atom is -0.493 e. The molecule has 0 saturated carbocycles. The van der Waals surface area contributed by atoms with Gasteiger partial charge in [0.15, 0.2) is 23.0 Å². The zero-order valence-electron chi connectivity index (χ0n) is 32.7. The maximum Gasteiger partial charge on any atom is 0.432 e. The number of alkyl halides is 6. The number of ether oxygens (including phenoxy) is 9. The SMILES string of the molecule is COc1ccc([C@@H](OC(=O)[C@@](OC)(c2ccccc2)C(F)(F)F)[C@H]2CO[C@@H](c3ccc(OC)c(OC)c3)[C@@H]2COC(=O)[C@@](OC)(c2ccccc2)C(F)(F)F)cc1OC.